The number of para-hydroxylation sites is 4. The number of esters is 2. The van der Waals surface area contributed by atoms with Crippen LogP contribution in [-0.2, 0) is 57.8 Å². The van der Waals surface area contributed by atoms with E-state index in [9.17, 15) is 9.59 Å². The van der Waals surface area contributed by atoms with Crippen LogP contribution in [0.3, 0.4) is 0 Å². The Morgan fingerprint density at radius 2 is 0.906 bits per heavy atom. The number of carbonyl (C=O) groups excluding carboxylic acids is 2. The summed E-state index contributed by atoms with van der Waals surface area (Å²) in [5.74, 6) is 3.38. The minimum absolute atomic E-state index is 0.174. The van der Waals surface area contributed by atoms with Crippen LogP contribution in [0.5, 0.6) is 0 Å². The second-order valence-corrected chi connectivity index (χ2v) is 16.6. The van der Waals surface area contributed by atoms with Gasteiger partial charge in [0.05, 0.1) is 38.8 Å². The number of thioether (sulfide) groups is 2. The number of hydrogen-bond donors (Lipinski definition) is 0. The minimum atomic E-state index is -0.174. The Labute approximate surface area is 327 Å². The summed E-state index contributed by atoms with van der Waals surface area (Å²) in [6.07, 6.45) is 19.5. The van der Waals surface area contributed by atoms with Crippen LogP contribution in [0, 0.1) is 0 Å². The van der Waals surface area contributed by atoms with Gasteiger partial charge in [0.15, 0.2) is 35.2 Å². The van der Waals surface area contributed by atoms with Crippen LogP contribution >= 0.6 is 23.5 Å². The van der Waals surface area contributed by atoms with Crippen LogP contribution < -0.4 is 9.13 Å². The third-order valence-electron chi connectivity index (χ3n) is 10.2. The molecule has 0 aliphatic carbocycles. The van der Waals surface area contributed by atoms with Crippen LogP contribution in [0.4, 0.5) is 0 Å². The molecule has 0 fully saturated rings. The van der Waals surface area contributed by atoms with Gasteiger partial charge < -0.3 is 9.47 Å². The highest BCUT2D eigenvalue weighted by molar-refractivity contribution is 8.15. The molecule has 0 saturated heterocycles. The smallest absolute Gasteiger partial charge is 0.348 e. The summed E-state index contributed by atoms with van der Waals surface area (Å²) in [6.45, 7) is 5.90. The number of benzene rings is 2. The third kappa shape index (κ3) is 13.7. The van der Waals surface area contributed by atoms with Crippen molar-refractivity contribution in [1.82, 2.24) is 9.13 Å². The maximum Gasteiger partial charge on any atom is 0.348 e. The topological polar surface area (TPSA) is 70.2 Å². The molecule has 0 N–H and O–H groups in total. The van der Waals surface area contributed by atoms with Crippen LogP contribution in [0.15, 0.2) is 48.5 Å². The highest BCUT2D eigenvalue weighted by Crippen LogP contribution is 2.24. The molecule has 0 saturated carbocycles. The lowest BCUT2D eigenvalue weighted by Gasteiger charge is -2.07. The van der Waals surface area contributed by atoms with Gasteiger partial charge in [-0.05, 0) is 37.1 Å². The van der Waals surface area contributed by atoms with E-state index in [4.69, 9.17) is 9.47 Å². The first-order valence-electron chi connectivity index (χ1n) is 20.3. The Kier molecular flexibility index (Phi) is 19.7. The van der Waals surface area contributed by atoms with E-state index >= 15 is 0 Å². The van der Waals surface area contributed by atoms with Gasteiger partial charge in [-0.2, -0.15) is 0 Å². The van der Waals surface area contributed by atoms with Gasteiger partial charge in [-0.3, -0.25) is 0 Å². The number of rotatable bonds is 28. The molecule has 0 atom stereocenters. The Morgan fingerprint density at radius 3 is 1.30 bits per heavy atom. The summed E-state index contributed by atoms with van der Waals surface area (Å²) in [7, 11) is 4.17. The van der Waals surface area contributed by atoms with Gasteiger partial charge in [-0.25, -0.2) is 27.9 Å². The minimum Gasteiger partial charge on any atom is -0.463 e. The Bertz CT molecular complexity index is 1560. The number of nitrogens with zero attached hydrogens (tertiary/aromatic N) is 4. The number of aromatic nitrogens is 4. The van der Waals surface area contributed by atoms with E-state index in [2.05, 4.69) is 70.5 Å². The van der Waals surface area contributed by atoms with E-state index in [1.54, 1.807) is 0 Å². The molecule has 0 aliphatic rings. The third-order valence-corrected chi connectivity index (χ3v) is 12.4. The quantitative estimate of drug-likeness (QED) is 0.0248. The zero-order chi connectivity index (χ0) is 37.7. The predicted octanol–water partition coefficient (Wildman–Crippen LogP) is 9.74. The zero-order valence-electron chi connectivity index (χ0n) is 33.1. The van der Waals surface area contributed by atoms with Gasteiger partial charge >= 0.3 is 11.9 Å². The lowest BCUT2D eigenvalue weighted by Crippen LogP contribution is -2.33. The fourth-order valence-corrected chi connectivity index (χ4v) is 9.29. The molecule has 4 aromatic rings. The fourth-order valence-electron chi connectivity index (χ4n) is 7.09. The van der Waals surface area contributed by atoms with Crippen LogP contribution in [0.1, 0.15) is 128 Å². The van der Waals surface area contributed by atoms with E-state index in [0.29, 0.717) is 13.2 Å². The number of imidazole rings is 2. The molecule has 4 rings (SSSR count). The van der Waals surface area contributed by atoms with Crippen molar-refractivity contribution in [2.24, 2.45) is 14.1 Å². The average Bonchev–Trinajstić information content (AvgIpc) is 3.58. The van der Waals surface area contributed by atoms with Crippen molar-refractivity contribution in [3.63, 3.8) is 0 Å². The summed E-state index contributed by atoms with van der Waals surface area (Å²) in [5.41, 5.74) is 4.32. The Morgan fingerprint density at radius 1 is 0.547 bits per heavy atom. The zero-order valence-corrected chi connectivity index (χ0v) is 34.8. The van der Waals surface area contributed by atoms with E-state index in [0.717, 1.165) is 76.0 Å². The van der Waals surface area contributed by atoms with Crippen molar-refractivity contribution in [2.45, 2.75) is 141 Å². The molecule has 292 valence electrons. The van der Waals surface area contributed by atoms with Crippen molar-refractivity contribution in [3.05, 3.63) is 60.2 Å². The molecule has 0 amide bonds. The molecule has 10 heteroatoms. The van der Waals surface area contributed by atoms with Crippen LogP contribution in [0.25, 0.3) is 22.1 Å². The second kappa shape index (κ2) is 24.4. The second-order valence-electron chi connectivity index (χ2n) is 14.3. The summed E-state index contributed by atoms with van der Waals surface area (Å²) in [5, 5.41) is 0.870. The molecular formula is C43H66N4O4S2+2. The Balaban J connectivity index is 1.27. The molecule has 2 aromatic carbocycles. The van der Waals surface area contributed by atoms with Crippen molar-refractivity contribution in [3.8, 4) is 0 Å². The largest absolute Gasteiger partial charge is 0.463 e. The van der Waals surface area contributed by atoms with Gasteiger partial charge in [-0.15, -0.1) is 23.5 Å². The van der Waals surface area contributed by atoms with Crippen molar-refractivity contribution in [1.29, 1.82) is 0 Å². The number of unbranched alkanes of at least 4 members (excludes halogenated alkanes) is 14. The lowest BCUT2D eigenvalue weighted by molar-refractivity contribution is -0.653. The number of ether oxygens (including phenoxy) is 2. The molecule has 2 heterocycles. The first-order chi connectivity index (χ1) is 26.0. The molecule has 0 radical (unpaired) electrons. The number of hydrogen-bond acceptors (Lipinski definition) is 6. The average molecular weight is 767 g/mol. The molecule has 0 aliphatic heterocycles. The fraction of sp³-hybridized carbons (Fsp3) is 0.628. The van der Waals surface area contributed by atoms with Gasteiger partial charge in [0.25, 0.3) is 11.6 Å². The van der Waals surface area contributed by atoms with Crippen LogP contribution in [-0.4, -0.2) is 39.4 Å². The molecule has 0 spiro atoms. The molecule has 53 heavy (non-hydrogen) atoms. The number of aryl methyl sites for hydroxylation is 2. The maximum atomic E-state index is 13.0. The SMILES string of the molecule is CCCCCCCCCCOC(=O)Cn1c(CSCSCc2n(CC(=O)OCCCCCCCCCC)c3ccccc3[n+]2C)[n+](C)c2ccccc21. The lowest BCUT2D eigenvalue weighted by atomic mass is 10.1. The summed E-state index contributed by atoms with van der Waals surface area (Å²) in [6, 6.07) is 16.6. The Hall–Kier alpha value is -2.98. The molecule has 0 bridgehead atoms. The van der Waals surface area contributed by atoms with Crippen molar-refractivity contribution < 1.29 is 28.2 Å². The summed E-state index contributed by atoms with van der Waals surface area (Å²) < 4.78 is 20.1. The van der Waals surface area contributed by atoms with E-state index < -0.39 is 0 Å². The van der Waals surface area contributed by atoms with Gasteiger partial charge in [0.1, 0.15) is 0 Å². The first kappa shape index (κ1) is 42.8. The van der Waals surface area contributed by atoms with E-state index in [1.807, 2.05) is 47.8 Å². The molecule has 0 unspecified atom stereocenters. The van der Waals surface area contributed by atoms with E-state index in [1.165, 1.54) is 77.0 Å². The van der Waals surface area contributed by atoms with Gasteiger partial charge in [0, 0.05) is 5.08 Å². The monoisotopic (exact) mass is 766 g/mol. The molecule has 8 nitrogen and oxygen atoms in total. The summed E-state index contributed by atoms with van der Waals surface area (Å²) >= 11 is 3.69. The van der Waals surface area contributed by atoms with Crippen molar-refractivity contribution in [2.75, 3.05) is 18.3 Å². The maximum absolute atomic E-state index is 13.0. The van der Waals surface area contributed by atoms with E-state index in [-0.39, 0.29) is 25.0 Å². The highest BCUT2D eigenvalue weighted by atomic mass is 32.2. The van der Waals surface area contributed by atoms with Gasteiger partial charge in [0.2, 0.25) is 0 Å². The first-order valence-corrected chi connectivity index (χ1v) is 22.7. The van der Waals surface area contributed by atoms with Gasteiger partial charge in [-0.1, -0.05) is 128 Å². The normalized spacial score (nSPS) is 11.5. The summed E-state index contributed by atoms with van der Waals surface area (Å²) in [4.78, 5) is 26.0. The standard InChI is InChI=1S/C43H66N4O4S2/c1-5-7-9-11-13-15-17-23-29-50-42(48)31-46-38-27-21-19-25-36(38)44(3)40(46)33-52-35-53-34-41-45(4)37-26-20-22-28-39(37)47(41)32-43(49)51-30-24-18-16-14-12-10-8-6-2/h19-22,25-28H,5-18,23-24,29-35H2,1-4H3/q+2. The molecular weight excluding hydrogens is 701 g/mol. The number of fused-ring (bicyclic) bond motifs is 2. The highest BCUT2D eigenvalue weighted by Gasteiger charge is 2.27. The predicted molar refractivity (Wildman–Crippen MR) is 221 cm³/mol. The van der Waals surface area contributed by atoms with Crippen molar-refractivity contribution >= 4 is 57.5 Å². The number of carbonyl (C=O) groups is 2. The van der Waals surface area contributed by atoms with Crippen LogP contribution in [0.2, 0.25) is 0 Å². The molecule has 2 aromatic heterocycles.